The van der Waals surface area contributed by atoms with Crippen LogP contribution in [0.25, 0.3) is 22.3 Å². The van der Waals surface area contributed by atoms with Crippen molar-refractivity contribution in [1.29, 1.82) is 0 Å². The van der Waals surface area contributed by atoms with Crippen LogP contribution in [0.2, 0.25) is 0 Å². The number of ether oxygens (including phenoxy) is 5. The summed E-state index contributed by atoms with van der Waals surface area (Å²) in [5.74, 6) is -0.306. The number of aromatic amines is 1. The Bertz CT molecular complexity index is 2200. The second-order valence-electron chi connectivity index (χ2n) is 19.4. The van der Waals surface area contributed by atoms with Gasteiger partial charge in [0.05, 0.1) is 37.3 Å². The lowest BCUT2D eigenvalue weighted by Crippen LogP contribution is -2.59. The van der Waals surface area contributed by atoms with Crippen LogP contribution in [-0.2, 0) is 28.6 Å². The van der Waals surface area contributed by atoms with Crippen molar-refractivity contribution in [3.8, 4) is 22.9 Å². The molecular formula is C45H61N6O9S+. The molecule has 1 aliphatic heterocycles. The fourth-order valence-electron chi connectivity index (χ4n) is 10.1. The molecule has 3 heterocycles. The van der Waals surface area contributed by atoms with Gasteiger partial charge in [0, 0.05) is 25.0 Å². The molecule has 330 valence electrons. The molecule has 4 aliphatic carbocycles. The Labute approximate surface area is 361 Å². The highest BCUT2D eigenvalue weighted by Crippen LogP contribution is 2.93. The normalized spacial score (nSPS) is 28.7. The summed E-state index contributed by atoms with van der Waals surface area (Å²) in [6, 6.07) is 3.88. The monoisotopic (exact) mass is 861 g/mol. The first-order chi connectivity index (χ1) is 28.9. The number of esters is 1. The summed E-state index contributed by atoms with van der Waals surface area (Å²) in [5, 5.41) is 12.8. The number of likely N-dealkylation sites (tertiary alicyclic amines) is 1. The molecule has 1 aromatic carbocycles. The van der Waals surface area contributed by atoms with Gasteiger partial charge >= 0.3 is 12.1 Å². The highest BCUT2D eigenvalue weighted by molar-refractivity contribution is 7.14. The number of hydrogen-bond acceptors (Lipinski definition) is 12. The molecular weight excluding hydrogens is 801 g/mol. The fraction of sp³-hybridized carbons (Fsp3) is 0.644. The van der Waals surface area contributed by atoms with Gasteiger partial charge < -0.3 is 44.5 Å². The smallest absolute Gasteiger partial charge is 0.408 e. The third-order valence-corrected chi connectivity index (χ3v) is 14.5. The number of hydrogen-bond donors (Lipinski definition) is 3. The zero-order valence-electron chi connectivity index (χ0n) is 36.8. The van der Waals surface area contributed by atoms with Crippen LogP contribution in [0.1, 0.15) is 92.1 Å². The molecule has 16 heteroatoms. The number of thiazole rings is 1. The van der Waals surface area contributed by atoms with E-state index in [9.17, 15) is 19.2 Å². The lowest BCUT2D eigenvalue weighted by molar-refractivity contribution is -0.331. The fourth-order valence-corrected chi connectivity index (χ4v) is 11.0. The Kier molecular flexibility index (Phi) is 11.2. The van der Waals surface area contributed by atoms with Gasteiger partial charge in [-0.15, -0.1) is 11.3 Å². The highest BCUT2D eigenvalue weighted by Gasteiger charge is 2.86. The number of pyridine rings is 1. The van der Waals surface area contributed by atoms with E-state index in [0.29, 0.717) is 59.8 Å². The summed E-state index contributed by atoms with van der Waals surface area (Å²) in [7, 11) is 2.94. The number of rotatable bonds is 16. The Morgan fingerprint density at radius 3 is 2.41 bits per heavy atom. The Morgan fingerprint density at radius 1 is 1.03 bits per heavy atom. The summed E-state index contributed by atoms with van der Waals surface area (Å²) in [6.45, 7) is 14.5. The molecule has 5 aliphatic rings. The first-order valence-corrected chi connectivity index (χ1v) is 22.5. The topological polar surface area (TPSA) is 181 Å². The number of fused-ring (bicyclic) bond motifs is 1. The van der Waals surface area contributed by atoms with Crippen molar-refractivity contribution < 1.29 is 47.8 Å². The molecule has 0 radical (unpaired) electrons. The van der Waals surface area contributed by atoms with Crippen molar-refractivity contribution in [3.63, 3.8) is 0 Å². The molecule has 1 saturated heterocycles. The van der Waals surface area contributed by atoms with E-state index in [4.69, 9.17) is 28.7 Å². The van der Waals surface area contributed by atoms with Crippen LogP contribution in [0, 0.1) is 29.1 Å². The number of aryl methyl sites for hydroxylation is 1. The maximum atomic E-state index is 14.9. The van der Waals surface area contributed by atoms with Gasteiger partial charge in [-0.25, -0.2) is 19.6 Å². The molecule has 0 bridgehead atoms. The number of nitrogens with one attached hydrogen (secondary N) is 4. The molecule has 5 fully saturated rings. The van der Waals surface area contributed by atoms with Crippen molar-refractivity contribution in [2.45, 2.75) is 129 Å². The minimum Gasteiger partial charge on any atom is -0.491 e. The average Bonchev–Trinajstić information content (AvgIpc) is 3.98. The largest absolute Gasteiger partial charge is 0.491 e. The number of aromatic nitrogens is 2. The second-order valence-corrected chi connectivity index (χ2v) is 20.2. The first-order valence-electron chi connectivity index (χ1n) is 21.6. The first kappa shape index (κ1) is 43.0. The van der Waals surface area contributed by atoms with E-state index < -0.39 is 53.0 Å². The lowest BCUT2D eigenvalue weighted by atomic mass is 9.85. The zero-order chi connectivity index (χ0) is 43.6. The van der Waals surface area contributed by atoms with Gasteiger partial charge in [-0.05, 0) is 87.2 Å². The Hall–Kier alpha value is -4.70. The molecule has 3 amide bonds. The zero-order valence-corrected chi connectivity index (χ0v) is 37.6. The van der Waals surface area contributed by atoms with Gasteiger partial charge in [-0.2, -0.15) is 0 Å². The van der Waals surface area contributed by atoms with E-state index in [1.54, 1.807) is 7.11 Å². The summed E-state index contributed by atoms with van der Waals surface area (Å²) >= 11 is 1.50. The molecule has 8 rings (SSSR count). The second kappa shape index (κ2) is 15.9. The third kappa shape index (κ3) is 8.10. The minimum absolute atomic E-state index is 0.0438. The number of nitrogens with zero attached hydrogens (tertiary/aromatic N) is 2. The number of amides is 3. The van der Waals surface area contributed by atoms with Gasteiger partial charge in [0.1, 0.15) is 53.6 Å². The molecule has 61 heavy (non-hydrogen) atoms. The standard InChI is InChI=1S/C45H60N6O9S/c1-10-26-17-45(26,39(54)57-9)50-37(52)32-15-27(20-51(32)38(53)36(42(5,6)7)49-41(55)60-28-18-43-22-44(43,19-28)23-43)59-34-16-30(31-21-61-40(48-31)46-24(2)3)47-35-25(4)33(12-11-29(34)35)58-14-13-56-8/h11-12,16,21,24,26-28,32,36H,10,13-15,17-20,22-23H2,1-9H3,(H,46,48)(H,49,55)(H,50,52)/p+1/t26-,27?,28?,32+,36-,43?,44?,45?/m1/s1. The van der Waals surface area contributed by atoms with Crippen LogP contribution < -0.4 is 30.4 Å². The minimum atomic E-state index is -1.17. The number of carbonyl (C=O) groups is 4. The highest BCUT2D eigenvalue weighted by atomic mass is 32.1. The summed E-state index contributed by atoms with van der Waals surface area (Å²) in [6.07, 6.45) is 3.99. The Balaban J connectivity index is 1.10. The average molecular weight is 862 g/mol. The summed E-state index contributed by atoms with van der Waals surface area (Å²) in [4.78, 5) is 65.9. The SMILES string of the molecule is CC[C@@H]1CC1(NC(=O)[C@@H]1CC(Oc2cc(-c3csc(NC(C)C)n3)[nH+]c3c(C)c(OCCOC)ccc23)CN1C(=O)[C@@H](NC(=O)OC1CC23CC2(C1)C3)C(C)(C)C)C(=O)OC. The molecule has 4 N–H and O–H groups in total. The number of anilines is 1. The predicted molar refractivity (Wildman–Crippen MR) is 228 cm³/mol. The van der Waals surface area contributed by atoms with Crippen molar-refractivity contribution in [2.24, 2.45) is 22.2 Å². The van der Waals surface area contributed by atoms with Gasteiger partial charge in [-0.3, -0.25) is 9.59 Å². The van der Waals surface area contributed by atoms with Gasteiger partial charge in [0.25, 0.3) is 0 Å². The molecule has 0 spiro atoms. The van der Waals surface area contributed by atoms with E-state index in [1.807, 2.05) is 58.2 Å². The molecule has 15 nitrogen and oxygen atoms in total. The van der Waals surface area contributed by atoms with Crippen LogP contribution in [0.15, 0.2) is 23.6 Å². The van der Waals surface area contributed by atoms with E-state index in [1.165, 1.54) is 36.2 Å². The number of methoxy groups -OCH3 is 2. The number of carbonyl (C=O) groups excluding carboxylic acids is 4. The van der Waals surface area contributed by atoms with Gasteiger partial charge in [0.15, 0.2) is 5.13 Å². The maximum absolute atomic E-state index is 14.9. The maximum Gasteiger partial charge on any atom is 0.408 e. The van der Waals surface area contributed by atoms with Crippen LogP contribution >= 0.6 is 11.3 Å². The van der Waals surface area contributed by atoms with E-state index in [0.717, 1.165) is 34.4 Å². The van der Waals surface area contributed by atoms with E-state index in [2.05, 4.69) is 34.8 Å². The Morgan fingerprint density at radius 2 is 1.77 bits per heavy atom. The predicted octanol–water partition coefficient (Wildman–Crippen LogP) is 5.82. The van der Waals surface area contributed by atoms with Gasteiger partial charge in [0.2, 0.25) is 23.0 Å². The molecule has 4 saturated carbocycles. The molecule has 5 atom stereocenters. The molecule has 2 aromatic heterocycles. The third-order valence-electron chi connectivity index (χ3n) is 13.7. The van der Waals surface area contributed by atoms with Crippen molar-refractivity contribution in [1.82, 2.24) is 20.5 Å². The number of alkyl carbamates (subject to hydrolysis) is 1. The van der Waals surface area contributed by atoms with Crippen molar-refractivity contribution in [2.75, 3.05) is 39.3 Å². The van der Waals surface area contributed by atoms with Crippen LogP contribution in [-0.4, -0.2) is 104 Å². The van der Waals surface area contributed by atoms with Crippen LogP contribution in [0.3, 0.4) is 0 Å². The van der Waals surface area contributed by atoms with Crippen molar-refractivity contribution in [3.05, 3.63) is 29.1 Å². The lowest BCUT2D eigenvalue weighted by Gasteiger charge is -2.35. The number of H-pyrrole nitrogens is 1. The summed E-state index contributed by atoms with van der Waals surface area (Å²) in [5.41, 5.74) is 1.89. The van der Waals surface area contributed by atoms with Gasteiger partial charge in [-0.1, -0.05) is 34.1 Å². The molecule has 3 aromatic rings. The van der Waals surface area contributed by atoms with E-state index in [-0.39, 0.29) is 31.0 Å². The van der Waals surface area contributed by atoms with Crippen LogP contribution in [0.5, 0.6) is 11.5 Å². The van der Waals surface area contributed by atoms with Crippen LogP contribution in [0.4, 0.5) is 9.93 Å². The quantitative estimate of drug-likeness (QED) is 0.117. The number of benzene rings is 1. The summed E-state index contributed by atoms with van der Waals surface area (Å²) < 4.78 is 29.2. The van der Waals surface area contributed by atoms with E-state index >= 15 is 0 Å². The van der Waals surface area contributed by atoms with Crippen molar-refractivity contribution >= 4 is 51.2 Å². The molecule has 2 unspecified atom stereocenters.